The lowest BCUT2D eigenvalue weighted by molar-refractivity contribution is -0.147. The van der Waals surface area contributed by atoms with Crippen molar-refractivity contribution in [2.24, 2.45) is 0 Å². The molecule has 0 spiro atoms. The molecule has 1 unspecified atom stereocenters. The molecular weight excluding hydrogens is 270 g/mol. The Morgan fingerprint density at radius 3 is 2.60 bits per heavy atom. The Morgan fingerprint density at radius 1 is 1.40 bits per heavy atom. The van der Waals surface area contributed by atoms with Crippen LogP contribution >= 0.6 is 11.8 Å². The Morgan fingerprint density at radius 2 is 2.05 bits per heavy atom. The number of hydrogen-bond acceptors (Lipinski definition) is 4. The van der Waals surface area contributed by atoms with Crippen molar-refractivity contribution in [2.45, 2.75) is 51.1 Å². The summed E-state index contributed by atoms with van der Waals surface area (Å²) in [5.74, 6) is 0.423. The van der Waals surface area contributed by atoms with Crippen LogP contribution in [-0.4, -0.2) is 30.4 Å². The summed E-state index contributed by atoms with van der Waals surface area (Å²) in [6, 6.07) is 6.60. The van der Waals surface area contributed by atoms with Crippen LogP contribution in [0.3, 0.4) is 0 Å². The molecule has 0 aromatic heterocycles. The Labute approximate surface area is 126 Å². The lowest BCUT2D eigenvalue weighted by atomic mass is 10.0. The quantitative estimate of drug-likeness (QED) is 0.645. The normalized spacial score (nSPS) is 14.2. The first-order chi connectivity index (χ1) is 9.28. The Kier molecular flexibility index (Phi) is 6.08. The number of benzene rings is 1. The van der Waals surface area contributed by atoms with Gasteiger partial charge in [-0.1, -0.05) is 17.7 Å². The van der Waals surface area contributed by atoms with Crippen LogP contribution in [0, 0.1) is 13.8 Å². The van der Waals surface area contributed by atoms with Crippen molar-refractivity contribution >= 4 is 17.7 Å². The lowest BCUT2D eigenvalue weighted by Gasteiger charge is -2.30. The molecule has 3 nitrogen and oxygen atoms in total. The van der Waals surface area contributed by atoms with Crippen LogP contribution in [0.2, 0.25) is 0 Å². The molecule has 0 amide bonds. The van der Waals surface area contributed by atoms with Crippen molar-refractivity contribution < 1.29 is 9.53 Å². The minimum Gasteiger partial charge on any atom is -0.468 e. The second kappa shape index (κ2) is 7.14. The topological polar surface area (TPSA) is 38.3 Å². The van der Waals surface area contributed by atoms with E-state index in [1.165, 1.54) is 23.1 Å². The van der Waals surface area contributed by atoms with E-state index in [1.54, 1.807) is 11.8 Å². The number of thioether (sulfide) groups is 1. The van der Waals surface area contributed by atoms with E-state index in [1.807, 2.05) is 20.8 Å². The highest BCUT2D eigenvalue weighted by Gasteiger charge is 2.34. The molecule has 0 radical (unpaired) electrons. The van der Waals surface area contributed by atoms with Crippen molar-refractivity contribution in [1.82, 2.24) is 5.32 Å². The molecule has 0 fully saturated rings. The van der Waals surface area contributed by atoms with E-state index in [-0.39, 0.29) is 12.0 Å². The maximum Gasteiger partial charge on any atom is 0.326 e. The summed E-state index contributed by atoms with van der Waals surface area (Å²) in [4.78, 5) is 13.3. The highest BCUT2D eigenvalue weighted by Crippen LogP contribution is 2.27. The van der Waals surface area contributed by atoms with Crippen LogP contribution in [0.15, 0.2) is 23.1 Å². The molecule has 0 aliphatic carbocycles. The third-order valence-electron chi connectivity index (χ3n) is 3.10. The van der Waals surface area contributed by atoms with Crippen molar-refractivity contribution in [2.75, 3.05) is 12.9 Å². The van der Waals surface area contributed by atoms with Crippen LogP contribution in [0.25, 0.3) is 0 Å². The average Bonchev–Trinajstić information content (AvgIpc) is 2.38. The predicted molar refractivity (Wildman–Crippen MR) is 85.3 cm³/mol. The van der Waals surface area contributed by atoms with Crippen molar-refractivity contribution in [3.05, 3.63) is 29.3 Å². The van der Waals surface area contributed by atoms with Gasteiger partial charge in [-0.2, -0.15) is 0 Å². The maximum absolute atomic E-state index is 12.0. The molecule has 0 aliphatic heterocycles. The molecule has 0 bridgehead atoms. The second-order valence-corrected chi connectivity index (χ2v) is 6.70. The minimum atomic E-state index is -0.677. The fraction of sp³-hybridized carbons (Fsp3) is 0.562. The van der Waals surface area contributed by atoms with Crippen molar-refractivity contribution in [3.8, 4) is 0 Å². The minimum absolute atomic E-state index is 0.219. The van der Waals surface area contributed by atoms with Gasteiger partial charge in [-0.25, -0.2) is 0 Å². The molecule has 0 aliphatic rings. The highest BCUT2D eigenvalue weighted by molar-refractivity contribution is 7.99. The third-order valence-corrected chi connectivity index (χ3v) is 4.58. The lowest BCUT2D eigenvalue weighted by Crippen LogP contribution is -2.54. The largest absolute Gasteiger partial charge is 0.468 e. The van der Waals surface area contributed by atoms with Crippen LogP contribution in [0.1, 0.15) is 31.9 Å². The molecule has 1 rings (SSSR count). The maximum atomic E-state index is 12.0. The Balaban J connectivity index is 2.86. The van der Waals surface area contributed by atoms with Gasteiger partial charge in [-0.05, 0) is 46.2 Å². The highest BCUT2D eigenvalue weighted by atomic mass is 32.2. The SMILES string of the molecule is COC(=O)C(C)(CSc1cc(C)ccc1C)NC(C)C. The Bertz CT molecular complexity index is 474. The van der Waals surface area contributed by atoms with Gasteiger partial charge in [0.25, 0.3) is 0 Å². The summed E-state index contributed by atoms with van der Waals surface area (Å²) in [5.41, 5.74) is 1.79. The summed E-state index contributed by atoms with van der Waals surface area (Å²) in [6.07, 6.45) is 0. The molecular formula is C16H25NO2S. The standard InChI is InChI=1S/C16H25NO2S/c1-11(2)17-16(5,15(18)19-6)10-20-14-9-12(3)7-8-13(14)4/h7-9,11,17H,10H2,1-6H3. The van der Waals surface area contributed by atoms with Gasteiger partial charge in [0.15, 0.2) is 0 Å². The van der Waals surface area contributed by atoms with Crippen LogP contribution < -0.4 is 5.32 Å². The predicted octanol–water partition coefficient (Wildman–Crippen LogP) is 3.33. The van der Waals surface area contributed by atoms with Gasteiger partial charge in [-0.3, -0.25) is 10.1 Å². The van der Waals surface area contributed by atoms with E-state index in [9.17, 15) is 4.79 Å². The fourth-order valence-electron chi connectivity index (χ4n) is 2.11. The monoisotopic (exact) mass is 295 g/mol. The van der Waals surface area contributed by atoms with Crippen LogP contribution in [0.4, 0.5) is 0 Å². The van der Waals surface area contributed by atoms with Gasteiger partial charge in [0.1, 0.15) is 5.54 Å². The van der Waals surface area contributed by atoms with Gasteiger partial charge in [0.2, 0.25) is 0 Å². The zero-order valence-electron chi connectivity index (χ0n) is 13.2. The molecule has 1 aromatic rings. The first-order valence-corrected chi connectivity index (χ1v) is 7.83. The van der Waals surface area contributed by atoms with E-state index in [0.29, 0.717) is 5.75 Å². The summed E-state index contributed by atoms with van der Waals surface area (Å²) >= 11 is 1.69. The summed E-state index contributed by atoms with van der Waals surface area (Å²) in [7, 11) is 1.44. The first kappa shape index (κ1) is 17.1. The van der Waals surface area contributed by atoms with Gasteiger partial charge in [0.05, 0.1) is 7.11 Å². The van der Waals surface area contributed by atoms with Gasteiger partial charge in [0, 0.05) is 16.7 Å². The molecule has 20 heavy (non-hydrogen) atoms. The molecule has 112 valence electrons. The van der Waals surface area contributed by atoms with Crippen molar-refractivity contribution in [1.29, 1.82) is 0 Å². The second-order valence-electron chi connectivity index (χ2n) is 5.68. The Hall–Kier alpha value is -1.00. The van der Waals surface area contributed by atoms with E-state index < -0.39 is 5.54 Å². The molecule has 1 N–H and O–H groups in total. The number of rotatable bonds is 6. The van der Waals surface area contributed by atoms with Crippen LogP contribution in [0.5, 0.6) is 0 Å². The zero-order chi connectivity index (χ0) is 15.3. The smallest absolute Gasteiger partial charge is 0.326 e. The molecule has 1 aromatic carbocycles. The molecule has 4 heteroatoms. The fourth-order valence-corrected chi connectivity index (χ4v) is 3.32. The van der Waals surface area contributed by atoms with E-state index in [0.717, 1.165) is 0 Å². The zero-order valence-corrected chi connectivity index (χ0v) is 14.1. The van der Waals surface area contributed by atoms with Crippen LogP contribution in [-0.2, 0) is 9.53 Å². The van der Waals surface area contributed by atoms with Crippen molar-refractivity contribution in [3.63, 3.8) is 0 Å². The number of carbonyl (C=O) groups excluding carboxylic acids is 1. The van der Waals surface area contributed by atoms with Gasteiger partial charge in [-0.15, -0.1) is 11.8 Å². The summed E-state index contributed by atoms with van der Waals surface area (Å²) in [5, 5.41) is 3.32. The van der Waals surface area contributed by atoms with Gasteiger partial charge >= 0.3 is 5.97 Å². The van der Waals surface area contributed by atoms with Gasteiger partial charge < -0.3 is 4.74 Å². The van der Waals surface area contributed by atoms with E-state index >= 15 is 0 Å². The molecule has 0 heterocycles. The average molecular weight is 295 g/mol. The summed E-state index contributed by atoms with van der Waals surface area (Å²) in [6.45, 7) is 10.1. The summed E-state index contributed by atoms with van der Waals surface area (Å²) < 4.78 is 4.94. The number of aryl methyl sites for hydroxylation is 2. The molecule has 0 saturated heterocycles. The molecule has 0 saturated carbocycles. The number of carbonyl (C=O) groups is 1. The van der Waals surface area contributed by atoms with E-state index in [4.69, 9.17) is 4.74 Å². The van der Waals surface area contributed by atoms with E-state index in [2.05, 4.69) is 37.4 Å². The number of nitrogens with one attached hydrogen (secondary N) is 1. The first-order valence-electron chi connectivity index (χ1n) is 6.84. The number of ether oxygens (including phenoxy) is 1. The number of esters is 1. The number of hydrogen-bond donors (Lipinski definition) is 1. The number of methoxy groups -OCH3 is 1. The third kappa shape index (κ3) is 4.53. The molecule has 1 atom stereocenters.